The maximum absolute atomic E-state index is 7.91. The fourth-order valence-corrected chi connectivity index (χ4v) is 0.0707. The number of hydrogen-bond donors (Lipinski definition) is 4. The standard InChI is InChI=1S/C3H8O2.C2H6O2/c4-2-1-3-5;1-2(3)4/h4-5H,1-3H2;2-4H,1H3. The Morgan fingerprint density at radius 2 is 1.33 bits per heavy atom. The van der Waals surface area contributed by atoms with Gasteiger partial charge >= 0.3 is 0 Å². The van der Waals surface area contributed by atoms with Crippen molar-refractivity contribution in [1.82, 2.24) is 0 Å². The van der Waals surface area contributed by atoms with Crippen LogP contribution in [0.25, 0.3) is 0 Å². The minimum atomic E-state index is -1.17. The highest BCUT2D eigenvalue weighted by atomic mass is 16.5. The number of rotatable bonds is 2. The third kappa shape index (κ3) is 79.0. The van der Waals surface area contributed by atoms with Crippen LogP contribution in [0.1, 0.15) is 13.3 Å². The smallest absolute Gasteiger partial charge is 0.148 e. The molecular weight excluding hydrogens is 124 g/mol. The zero-order valence-electron chi connectivity index (χ0n) is 5.49. The van der Waals surface area contributed by atoms with Gasteiger partial charge in [0.25, 0.3) is 0 Å². The van der Waals surface area contributed by atoms with E-state index in [2.05, 4.69) is 0 Å². The van der Waals surface area contributed by atoms with Crippen molar-refractivity contribution >= 4 is 0 Å². The second-order valence-corrected chi connectivity index (χ2v) is 1.43. The van der Waals surface area contributed by atoms with Crippen LogP contribution in [0, 0.1) is 0 Å². The van der Waals surface area contributed by atoms with Crippen molar-refractivity contribution in [2.24, 2.45) is 0 Å². The molecule has 0 unspecified atom stereocenters. The molecule has 4 N–H and O–H groups in total. The zero-order valence-corrected chi connectivity index (χ0v) is 5.49. The first-order valence-electron chi connectivity index (χ1n) is 2.73. The van der Waals surface area contributed by atoms with Gasteiger partial charge in [-0.15, -0.1) is 0 Å². The third-order valence-electron chi connectivity index (χ3n) is 0.316. The zero-order chi connectivity index (χ0) is 7.70. The van der Waals surface area contributed by atoms with E-state index in [0.29, 0.717) is 6.42 Å². The quantitative estimate of drug-likeness (QED) is 0.357. The van der Waals surface area contributed by atoms with Crippen LogP contribution < -0.4 is 0 Å². The third-order valence-corrected chi connectivity index (χ3v) is 0.316. The lowest BCUT2D eigenvalue weighted by Gasteiger charge is -1.80. The molecule has 9 heavy (non-hydrogen) atoms. The molecule has 0 spiro atoms. The molecule has 0 heterocycles. The topological polar surface area (TPSA) is 80.9 Å². The minimum Gasteiger partial charge on any atom is -0.396 e. The van der Waals surface area contributed by atoms with Crippen molar-refractivity contribution in [2.75, 3.05) is 13.2 Å². The molecule has 58 valence electrons. The molecular formula is C5H14O4. The number of aliphatic hydroxyl groups excluding tert-OH is 3. The van der Waals surface area contributed by atoms with Crippen molar-refractivity contribution in [1.29, 1.82) is 0 Å². The average molecular weight is 138 g/mol. The summed E-state index contributed by atoms with van der Waals surface area (Å²) in [4.78, 5) is 0. The van der Waals surface area contributed by atoms with Crippen molar-refractivity contribution in [3.05, 3.63) is 0 Å². The van der Waals surface area contributed by atoms with Gasteiger partial charge in [0.2, 0.25) is 0 Å². The second kappa shape index (κ2) is 10.8. The predicted octanol–water partition coefficient (Wildman–Crippen LogP) is -1.32. The maximum Gasteiger partial charge on any atom is 0.148 e. The Hall–Kier alpha value is -0.160. The summed E-state index contributed by atoms with van der Waals surface area (Å²) < 4.78 is 0. The van der Waals surface area contributed by atoms with Crippen LogP contribution in [0.15, 0.2) is 0 Å². The van der Waals surface area contributed by atoms with Crippen molar-refractivity contribution in [3.63, 3.8) is 0 Å². The Balaban J connectivity index is 0. The fourth-order valence-electron chi connectivity index (χ4n) is 0.0707. The van der Waals surface area contributed by atoms with E-state index >= 15 is 0 Å². The normalized spacial score (nSPS) is 8.67. The molecule has 0 bridgehead atoms. The van der Waals surface area contributed by atoms with Gasteiger partial charge < -0.3 is 20.4 Å². The van der Waals surface area contributed by atoms with Gasteiger partial charge in [-0.3, -0.25) is 0 Å². The molecule has 4 heteroatoms. The van der Waals surface area contributed by atoms with Gasteiger partial charge in [-0.1, -0.05) is 0 Å². The highest BCUT2D eigenvalue weighted by molar-refractivity contribution is 4.22. The van der Waals surface area contributed by atoms with Crippen LogP contribution in [0.2, 0.25) is 0 Å². The molecule has 0 saturated carbocycles. The van der Waals surface area contributed by atoms with Gasteiger partial charge in [-0.2, -0.15) is 0 Å². The van der Waals surface area contributed by atoms with E-state index in [4.69, 9.17) is 20.4 Å². The van der Waals surface area contributed by atoms with E-state index in [1.165, 1.54) is 6.92 Å². The van der Waals surface area contributed by atoms with Gasteiger partial charge in [0.1, 0.15) is 6.29 Å². The Bertz CT molecular complexity index is 33.2. The highest BCUT2D eigenvalue weighted by Gasteiger charge is 1.70. The fraction of sp³-hybridized carbons (Fsp3) is 1.00. The summed E-state index contributed by atoms with van der Waals surface area (Å²) in [5.41, 5.74) is 0. The Morgan fingerprint density at radius 3 is 1.33 bits per heavy atom. The van der Waals surface area contributed by atoms with Gasteiger partial charge in [-0.05, 0) is 13.3 Å². The van der Waals surface area contributed by atoms with Gasteiger partial charge in [0.15, 0.2) is 0 Å². The predicted molar refractivity (Wildman–Crippen MR) is 32.7 cm³/mol. The van der Waals surface area contributed by atoms with Crippen LogP contribution in [0.3, 0.4) is 0 Å². The number of hydrogen-bond acceptors (Lipinski definition) is 4. The van der Waals surface area contributed by atoms with E-state index < -0.39 is 6.29 Å². The summed E-state index contributed by atoms with van der Waals surface area (Å²) >= 11 is 0. The van der Waals surface area contributed by atoms with Gasteiger partial charge in [0, 0.05) is 13.2 Å². The van der Waals surface area contributed by atoms with E-state index in [1.807, 2.05) is 0 Å². The molecule has 0 aromatic carbocycles. The van der Waals surface area contributed by atoms with Crippen molar-refractivity contribution in [3.8, 4) is 0 Å². The van der Waals surface area contributed by atoms with Crippen molar-refractivity contribution < 1.29 is 20.4 Å². The molecule has 0 aromatic heterocycles. The Morgan fingerprint density at radius 1 is 1.11 bits per heavy atom. The monoisotopic (exact) mass is 138 g/mol. The maximum atomic E-state index is 7.91. The Labute approximate surface area is 54.4 Å². The van der Waals surface area contributed by atoms with E-state index in [9.17, 15) is 0 Å². The lowest BCUT2D eigenvalue weighted by Crippen LogP contribution is -1.92. The SMILES string of the molecule is CC(O)O.OCCCO. The van der Waals surface area contributed by atoms with E-state index in [-0.39, 0.29) is 13.2 Å². The molecule has 0 atom stereocenters. The summed E-state index contributed by atoms with van der Waals surface area (Å²) in [6, 6.07) is 0. The van der Waals surface area contributed by atoms with Crippen LogP contribution in [-0.2, 0) is 0 Å². The summed E-state index contributed by atoms with van der Waals surface area (Å²) in [5, 5.41) is 31.0. The molecule has 0 saturated heterocycles. The molecule has 0 aliphatic carbocycles. The summed E-state index contributed by atoms with van der Waals surface area (Å²) in [6.07, 6.45) is -0.667. The molecule has 4 nitrogen and oxygen atoms in total. The largest absolute Gasteiger partial charge is 0.396 e. The van der Waals surface area contributed by atoms with Crippen LogP contribution >= 0.6 is 0 Å². The molecule has 0 aliphatic rings. The molecule has 0 aliphatic heterocycles. The highest BCUT2D eigenvalue weighted by Crippen LogP contribution is 1.65. The lowest BCUT2D eigenvalue weighted by molar-refractivity contribution is -0.0228. The average Bonchev–Trinajstić information content (AvgIpc) is 1.66. The van der Waals surface area contributed by atoms with Gasteiger partial charge in [0.05, 0.1) is 0 Å². The van der Waals surface area contributed by atoms with Crippen LogP contribution in [0.4, 0.5) is 0 Å². The first-order chi connectivity index (χ1) is 4.15. The molecule has 0 fully saturated rings. The first kappa shape index (κ1) is 11.6. The minimum absolute atomic E-state index is 0.0938. The Kier molecular flexibility index (Phi) is 13.9. The summed E-state index contributed by atoms with van der Waals surface area (Å²) in [5.74, 6) is 0. The molecule has 0 radical (unpaired) electrons. The van der Waals surface area contributed by atoms with Crippen LogP contribution in [0.5, 0.6) is 0 Å². The first-order valence-corrected chi connectivity index (χ1v) is 2.73. The van der Waals surface area contributed by atoms with Crippen LogP contribution in [-0.4, -0.2) is 39.9 Å². The summed E-state index contributed by atoms with van der Waals surface area (Å²) in [7, 11) is 0. The second-order valence-electron chi connectivity index (χ2n) is 1.43. The van der Waals surface area contributed by atoms with Crippen molar-refractivity contribution in [2.45, 2.75) is 19.6 Å². The van der Waals surface area contributed by atoms with Gasteiger partial charge in [-0.25, -0.2) is 0 Å². The summed E-state index contributed by atoms with van der Waals surface area (Å²) in [6.45, 7) is 1.47. The molecule has 0 aromatic rings. The molecule has 0 amide bonds. The number of aliphatic hydroxyl groups is 4. The van der Waals surface area contributed by atoms with E-state index in [1.54, 1.807) is 0 Å². The van der Waals surface area contributed by atoms with E-state index in [0.717, 1.165) is 0 Å². The lowest BCUT2D eigenvalue weighted by atomic mass is 10.5. The molecule has 0 rings (SSSR count).